The van der Waals surface area contributed by atoms with E-state index in [4.69, 9.17) is 0 Å². The number of aryl methyl sites for hydroxylation is 1. The Morgan fingerprint density at radius 2 is 1.71 bits per heavy atom. The van der Waals surface area contributed by atoms with Gasteiger partial charge in [-0.3, -0.25) is 9.80 Å². The Balaban J connectivity index is 1.37. The highest BCUT2D eigenvalue weighted by atomic mass is 15.2. The van der Waals surface area contributed by atoms with E-state index in [1.54, 1.807) is 16.7 Å². The van der Waals surface area contributed by atoms with Gasteiger partial charge in [0.2, 0.25) is 0 Å². The molecule has 0 amide bonds. The van der Waals surface area contributed by atoms with Crippen LogP contribution in [0.25, 0.3) is 0 Å². The van der Waals surface area contributed by atoms with Crippen molar-refractivity contribution in [3.63, 3.8) is 0 Å². The van der Waals surface area contributed by atoms with E-state index in [9.17, 15) is 0 Å². The minimum absolute atomic E-state index is 0.604. The zero-order valence-corrected chi connectivity index (χ0v) is 14.7. The van der Waals surface area contributed by atoms with Crippen LogP contribution >= 0.6 is 0 Å². The zero-order chi connectivity index (χ0) is 16.4. The highest BCUT2D eigenvalue weighted by Crippen LogP contribution is 2.33. The van der Waals surface area contributed by atoms with Crippen LogP contribution in [0.2, 0.25) is 0 Å². The molecule has 1 aliphatic carbocycles. The van der Waals surface area contributed by atoms with Crippen molar-refractivity contribution in [1.29, 1.82) is 0 Å². The second kappa shape index (κ2) is 7.08. The summed E-state index contributed by atoms with van der Waals surface area (Å²) in [6, 6.07) is 18.6. The Morgan fingerprint density at radius 1 is 0.958 bits per heavy atom. The molecule has 0 saturated carbocycles. The zero-order valence-electron chi connectivity index (χ0n) is 14.7. The molecule has 0 bridgehead atoms. The van der Waals surface area contributed by atoms with Crippen molar-refractivity contribution in [3.8, 4) is 0 Å². The van der Waals surface area contributed by atoms with Gasteiger partial charge < -0.3 is 0 Å². The molecular formula is C22H28N2. The lowest BCUT2D eigenvalue weighted by molar-refractivity contribution is 0.169. The maximum atomic E-state index is 2.62. The van der Waals surface area contributed by atoms with Gasteiger partial charge in [0.15, 0.2) is 0 Å². The van der Waals surface area contributed by atoms with Crippen LogP contribution in [0.4, 0.5) is 0 Å². The van der Waals surface area contributed by atoms with Crippen LogP contribution in [0, 0.1) is 0 Å². The first kappa shape index (κ1) is 15.9. The highest BCUT2D eigenvalue weighted by molar-refractivity contribution is 5.32. The van der Waals surface area contributed by atoms with Gasteiger partial charge in [-0.1, -0.05) is 48.5 Å². The second-order valence-electron chi connectivity index (χ2n) is 7.38. The number of likely N-dealkylation sites (N-methyl/N-ethyl adjacent to an activating group) is 1. The van der Waals surface area contributed by atoms with Crippen LogP contribution in [0.5, 0.6) is 0 Å². The maximum Gasteiger partial charge on any atom is 0.0348 e. The largest absolute Gasteiger partial charge is 0.298 e. The van der Waals surface area contributed by atoms with E-state index in [0.717, 1.165) is 13.1 Å². The molecule has 0 unspecified atom stereocenters. The van der Waals surface area contributed by atoms with Crippen molar-refractivity contribution < 1.29 is 0 Å². The van der Waals surface area contributed by atoms with Crippen molar-refractivity contribution in [2.75, 3.05) is 26.7 Å². The molecule has 0 fully saturated rings. The lowest BCUT2D eigenvalue weighted by atomic mass is 9.87. The van der Waals surface area contributed by atoms with Crippen molar-refractivity contribution in [3.05, 3.63) is 70.8 Å². The fraction of sp³-hybridized carbons (Fsp3) is 0.455. The number of hydrogen-bond acceptors (Lipinski definition) is 2. The lowest BCUT2D eigenvalue weighted by Gasteiger charge is -2.35. The molecule has 126 valence electrons. The fourth-order valence-corrected chi connectivity index (χ4v) is 4.39. The molecule has 4 rings (SSSR count). The summed E-state index contributed by atoms with van der Waals surface area (Å²) in [5.41, 5.74) is 6.19. The normalized spacial score (nSPS) is 20.7. The number of nitrogens with zero attached hydrogens (tertiary/aromatic N) is 2. The van der Waals surface area contributed by atoms with Crippen LogP contribution in [0.1, 0.15) is 41.1 Å². The number of rotatable bonds is 4. The molecule has 1 atom stereocenters. The van der Waals surface area contributed by atoms with Gasteiger partial charge in [-0.05, 0) is 55.0 Å². The van der Waals surface area contributed by atoms with Crippen molar-refractivity contribution in [2.24, 2.45) is 0 Å². The third-order valence-corrected chi connectivity index (χ3v) is 5.85. The predicted molar refractivity (Wildman–Crippen MR) is 100 cm³/mol. The minimum Gasteiger partial charge on any atom is -0.298 e. The van der Waals surface area contributed by atoms with Gasteiger partial charge in [0, 0.05) is 32.2 Å². The van der Waals surface area contributed by atoms with Crippen molar-refractivity contribution in [2.45, 2.75) is 38.3 Å². The van der Waals surface area contributed by atoms with E-state index in [1.807, 2.05) is 0 Å². The van der Waals surface area contributed by atoms with E-state index in [-0.39, 0.29) is 0 Å². The average Bonchev–Trinajstić information content (AvgIpc) is 2.65. The minimum atomic E-state index is 0.604. The molecule has 2 aromatic carbocycles. The number of hydrogen-bond donors (Lipinski definition) is 0. The molecule has 24 heavy (non-hydrogen) atoms. The topological polar surface area (TPSA) is 6.48 Å². The van der Waals surface area contributed by atoms with Crippen LogP contribution in [0.15, 0.2) is 48.5 Å². The molecule has 0 spiro atoms. The Morgan fingerprint density at radius 3 is 2.58 bits per heavy atom. The Hall–Kier alpha value is -1.64. The smallest absolute Gasteiger partial charge is 0.0348 e. The second-order valence-corrected chi connectivity index (χ2v) is 7.38. The molecule has 2 heteroatoms. The fourth-order valence-electron chi connectivity index (χ4n) is 4.39. The summed E-state index contributed by atoms with van der Waals surface area (Å²) in [6.07, 6.45) is 5.08. The summed E-state index contributed by atoms with van der Waals surface area (Å²) in [4.78, 5) is 5.20. The number of benzene rings is 2. The summed E-state index contributed by atoms with van der Waals surface area (Å²) >= 11 is 0. The van der Waals surface area contributed by atoms with Crippen molar-refractivity contribution in [1.82, 2.24) is 9.80 Å². The van der Waals surface area contributed by atoms with Gasteiger partial charge in [0.25, 0.3) is 0 Å². The Kier molecular flexibility index (Phi) is 4.68. The summed E-state index contributed by atoms with van der Waals surface area (Å²) < 4.78 is 0. The van der Waals surface area contributed by atoms with Crippen molar-refractivity contribution >= 4 is 0 Å². The Bertz CT molecular complexity index is 694. The number of fused-ring (bicyclic) bond motifs is 2. The standard InChI is InChI=1S/C22H28N2/c1-23(22-12-6-10-19-8-4-5-11-21(19)22)15-16-24-14-13-18-7-2-3-9-20(18)17-24/h2-5,7-9,11,22H,6,10,12-17H2,1H3/t22-/m0/s1. The van der Waals surface area contributed by atoms with Gasteiger partial charge in [-0.25, -0.2) is 0 Å². The van der Waals surface area contributed by atoms with Gasteiger partial charge in [0.05, 0.1) is 0 Å². The van der Waals surface area contributed by atoms with E-state index < -0.39 is 0 Å². The maximum absolute atomic E-state index is 2.62. The van der Waals surface area contributed by atoms with Gasteiger partial charge in [-0.15, -0.1) is 0 Å². The first-order chi connectivity index (χ1) is 11.8. The third kappa shape index (κ3) is 3.26. The molecule has 1 aliphatic heterocycles. The average molecular weight is 320 g/mol. The van der Waals surface area contributed by atoms with E-state index in [2.05, 4.69) is 65.4 Å². The van der Waals surface area contributed by atoms with Crippen LogP contribution in [0.3, 0.4) is 0 Å². The first-order valence-corrected chi connectivity index (χ1v) is 9.38. The van der Waals surface area contributed by atoms with Crippen LogP contribution in [-0.4, -0.2) is 36.5 Å². The van der Waals surface area contributed by atoms with Crippen LogP contribution in [-0.2, 0) is 19.4 Å². The molecule has 2 aliphatic rings. The van der Waals surface area contributed by atoms with Crippen LogP contribution < -0.4 is 0 Å². The summed E-state index contributed by atoms with van der Waals surface area (Å²) in [5.74, 6) is 0. The highest BCUT2D eigenvalue weighted by Gasteiger charge is 2.24. The molecule has 0 saturated heterocycles. The quantitative estimate of drug-likeness (QED) is 0.838. The van der Waals surface area contributed by atoms with E-state index in [0.29, 0.717) is 6.04 Å². The molecule has 2 nitrogen and oxygen atoms in total. The monoisotopic (exact) mass is 320 g/mol. The molecular weight excluding hydrogens is 292 g/mol. The van der Waals surface area contributed by atoms with E-state index in [1.165, 1.54) is 44.3 Å². The molecule has 0 radical (unpaired) electrons. The molecule has 2 aromatic rings. The lowest BCUT2D eigenvalue weighted by Crippen LogP contribution is -2.38. The summed E-state index contributed by atoms with van der Waals surface area (Å²) in [5, 5.41) is 0. The first-order valence-electron chi connectivity index (χ1n) is 9.38. The molecule has 1 heterocycles. The van der Waals surface area contributed by atoms with Gasteiger partial charge in [-0.2, -0.15) is 0 Å². The molecule has 0 aromatic heterocycles. The van der Waals surface area contributed by atoms with Gasteiger partial charge >= 0.3 is 0 Å². The molecule has 0 N–H and O–H groups in total. The van der Waals surface area contributed by atoms with Gasteiger partial charge in [0.1, 0.15) is 0 Å². The summed E-state index contributed by atoms with van der Waals surface area (Å²) in [6.45, 7) is 4.64. The Labute approximate surface area is 146 Å². The third-order valence-electron chi connectivity index (χ3n) is 5.85. The predicted octanol–water partition coefficient (Wildman–Crippen LogP) is 4.05. The van der Waals surface area contributed by atoms with E-state index >= 15 is 0 Å². The SMILES string of the molecule is CN(CCN1CCc2ccccc2C1)[C@H]1CCCc2ccccc21. The summed E-state index contributed by atoms with van der Waals surface area (Å²) in [7, 11) is 2.31.